The molecule has 0 unspecified atom stereocenters. The van der Waals surface area contributed by atoms with Crippen molar-refractivity contribution < 1.29 is 24.2 Å². The van der Waals surface area contributed by atoms with Gasteiger partial charge in [0.05, 0.1) is 14.2 Å². The monoisotopic (exact) mass is 283 g/mol. The molecule has 1 aliphatic carbocycles. The second-order valence-electron chi connectivity index (χ2n) is 6.44. The highest BCUT2D eigenvalue weighted by atomic mass is 16.5. The first-order valence-corrected chi connectivity index (χ1v) is 6.67. The molecule has 1 aliphatic rings. The summed E-state index contributed by atoms with van der Waals surface area (Å²) in [4.78, 5) is 23.4. The van der Waals surface area contributed by atoms with Gasteiger partial charge < -0.3 is 9.47 Å². The molecule has 1 atom stereocenters. The van der Waals surface area contributed by atoms with Gasteiger partial charge in [-0.05, 0) is 31.6 Å². The van der Waals surface area contributed by atoms with Gasteiger partial charge in [0.25, 0.3) is 0 Å². The molecule has 0 aromatic heterocycles. The maximum atomic E-state index is 12.3. The predicted octanol–water partition coefficient (Wildman–Crippen LogP) is 2.27. The molecule has 20 heavy (non-hydrogen) atoms. The third-order valence-electron chi connectivity index (χ3n) is 3.48. The van der Waals surface area contributed by atoms with Gasteiger partial charge in [-0.25, -0.2) is 5.11 Å². The Morgan fingerprint density at radius 1 is 1.20 bits per heavy atom. The van der Waals surface area contributed by atoms with Crippen LogP contribution in [0, 0.1) is 11.3 Å². The van der Waals surface area contributed by atoms with Crippen LogP contribution in [0.3, 0.4) is 0 Å². The van der Waals surface area contributed by atoms with E-state index in [-0.39, 0.29) is 11.8 Å². The fraction of sp³-hybridized carbons (Fsp3) is 0.733. The third kappa shape index (κ3) is 4.34. The van der Waals surface area contributed by atoms with Crippen LogP contribution in [0.1, 0.15) is 40.0 Å². The van der Waals surface area contributed by atoms with E-state index in [4.69, 9.17) is 0 Å². The lowest BCUT2D eigenvalue weighted by atomic mass is 9.70. The smallest absolute Gasteiger partial charge is 0.320 e. The SMILES string of the molecule is COC(=O)C(CC1=C[C@@](C)([O])CC(C)(C)C1)C(=O)OC. The van der Waals surface area contributed by atoms with E-state index in [9.17, 15) is 14.7 Å². The summed E-state index contributed by atoms with van der Waals surface area (Å²) in [5.41, 5.74) is -0.495. The molecular formula is C15H23O5. The summed E-state index contributed by atoms with van der Waals surface area (Å²) in [6, 6.07) is 0. The van der Waals surface area contributed by atoms with E-state index in [0.717, 1.165) is 5.57 Å². The zero-order chi connectivity index (χ0) is 15.6. The Kier molecular flexibility index (Phi) is 4.97. The number of hydrogen-bond donors (Lipinski definition) is 0. The van der Waals surface area contributed by atoms with E-state index in [0.29, 0.717) is 12.8 Å². The Bertz CT molecular complexity index is 404. The van der Waals surface area contributed by atoms with Crippen LogP contribution < -0.4 is 0 Å². The Morgan fingerprint density at radius 3 is 2.10 bits per heavy atom. The summed E-state index contributed by atoms with van der Waals surface area (Å²) < 4.78 is 9.27. The van der Waals surface area contributed by atoms with Crippen LogP contribution in [-0.4, -0.2) is 31.8 Å². The molecule has 0 aromatic rings. The minimum absolute atomic E-state index is 0.141. The fourth-order valence-electron chi connectivity index (χ4n) is 3.10. The van der Waals surface area contributed by atoms with Crippen LogP contribution in [0.2, 0.25) is 0 Å². The zero-order valence-corrected chi connectivity index (χ0v) is 12.8. The second kappa shape index (κ2) is 5.95. The van der Waals surface area contributed by atoms with Gasteiger partial charge in [0.2, 0.25) is 0 Å². The zero-order valence-electron chi connectivity index (χ0n) is 12.8. The lowest BCUT2D eigenvalue weighted by Gasteiger charge is -2.37. The van der Waals surface area contributed by atoms with Crippen LogP contribution in [-0.2, 0) is 24.2 Å². The molecule has 113 valence electrons. The maximum Gasteiger partial charge on any atom is 0.320 e. The first-order chi connectivity index (χ1) is 9.10. The Labute approximate surface area is 119 Å². The van der Waals surface area contributed by atoms with Crippen molar-refractivity contribution >= 4 is 11.9 Å². The third-order valence-corrected chi connectivity index (χ3v) is 3.48. The molecule has 1 radical (unpaired) electrons. The summed E-state index contributed by atoms with van der Waals surface area (Å²) in [6.45, 7) is 5.65. The van der Waals surface area contributed by atoms with E-state index >= 15 is 0 Å². The molecule has 0 spiro atoms. The van der Waals surface area contributed by atoms with Crippen molar-refractivity contribution in [3.63, 3.8) is 0 Å². The summed E-state index contributed by atoms with van der Waals surface area (Å²) in [5, 5.41) is 12.3. The molecule has 1 rings (SSSR count). The van der Waals surface area contributed by atoms with Crippen molar-refractivity contribution in [3.05, 3.63) is 11.6 Å². The highest BCUT2D eigenvalue weighted by Crippen LogP contribution is 2.42. The number of ether oxygens (including phenoxy) is 2. The Balaban J connectivity index is 2.96. The van der Waals surface area contributed by atoms with Gasteiger partial charge in [-0.1, -0.05) is 25.5 Å². The molecular weight excluding hydrogens is 260 g/mol. The van der Waals surface area contributed by atoms with Crippen molar-refractivity contribution in [2.75, 3.05) is 14.2 Å². The van der Waals surface area contributed by atoms with Gasteiger partial charge in [-0.15, -0.1) is 0 Å². The first-order valence-electron chi connectivity index (χ1n) is 6.67. The average Bonchev–Trinajstić information content (AvgIpc) is 2.30. The molecule has 0 aliphatic heterocycles. The van der Waals surface area contributed by atoms with Crippen LogP contribution in [0.5, 0.6) is 0 Å². The molecule has 0 fully saturated rings. The van der Waals surface area contributed by atoms with Crippen LogP contribution in [0.4, 0.5) is 0 Å². The molecule has 0 bridgehead atoms. The standard InChI is InChI=1S/C15H23O5/c1-14(2)7-10(8-15(3,18)9-14)6-11(12(16)19-4)13(17)20-5/h8,11H,6-7,9H2,1-5H3/t15-/m1/s1. The van der Waals surface area contributed by atoms with Crippen LogP contribution in [0.15, 0.2) is 11.6 Å². The van der Waals surface area contributed by atoms with Gasteiger partial charge in [-0.3, -0.25) is 9.59 Å². The second-order valence-corrected chi connectivity index (χ2v) is 6.44. The quantitative estimate of drug-likeness (QED) is 0.451. The van der Waals surface area contributed by atoms with E-state index in [1.807, 2.05) is 13.8 Å². The minimum Gasteiger partial charge on any atom is -0.468 e. The molecule has 0 aromatic carbocycles. The number of rotatable bonds is 4. The molecule has 0 saturated carbocycles. The molecule has 0 amide bonds. The lowest BCUT2D eigenvalue weighted by Crippen LogP contribution is -2.35. The summed E-state index contributed by atoms with van der Waals surface area (Å²) in [7, 11) is 2.46. The summed E-state index contributed by atoms with van der Waals surface area (Å²) in [5.74, 6) is -2.26. The van der Waals surface area contributed by atoms with E-state index < -0.39 is 23.5 Å². The van der Waals surface area contributed by atoms with Crippen molar-refractivity contribution in [1.82, 2.24) is 0 Å². The van der Waals surface area contributed by atoms with Gasteiger partial charge in [0.1, 0.15) is 5.60 Å². The van der Waals surface area contributed by atoms with Gasteiger partial charge in [0.15, 0.2) is 5.92 Å². The van der Waals surface area contributed by atoms with Gasteiger partial charge >= 0.3 is 11.9 Å². The summed E-state index contributed by atoms with van der Waals surface area (Å²) >= 11 is 0. The van der Waals surface area contributed by atoms with E-state index in [1.165, 1.54) is 14.2 Å². The van der Waals surface area contributed by atoms with Crippen molar-refractivity contribution in [3.8, 4) is 0 Å². The molecule has 5 nitrogen and oxygen atoms in total. The molecule has 0 N–H and O–H groups in total. The number of carbonyl (C=O) groups is 2. The largest absolute Gasteiger partial charge is 0.468 e. The average molecular weight is 283 g/mol. The molecule has 0 heterocycles. The molecule has 5 heteroatoms. The number of allylic oxidation sites excluding steroid dienone is 1. The Morgan fingerprint density at radius 2 is 1.70 bits per heavy atom. The van der Waals surface area contributed by atoms with E-state index in [2.05, 4.69) is 9.47 Å². The van der Waals surface area contributed by atoms with Crippen LogP contribution in [0.25, 0.3) is 0 Å². The fourth-order valence-corrected chi connectivity index (χ4v) is 3.10. The number of carbonyl (C=O) groups excluding carboxylic acids is 2. The maximum absolute atomic E-state index is 12.3. The van der Waals surface area contributed by atoms with E-state index in [1.54, 1.807) is 13.0 Å². The first kappa shape index (κ1) is 16.7. The topological polar surface area (TPSA) is 72.5 Å². The summed E-state index contributed by atoms with van der Waals surface area (Å²) in [6.07, 6.45) is 3.04. The molecule has 0 saturated heterocycles. The van der Waals surface area contributed by atoms with Crippen molar-refractivity contribution in [2.24, 2.45) is 11.3 Å². The van der Waals surface area contributed by atoms with Crippen LogP contribution >= 0.6 is 0 Å². The van der Waals surface area contributed by atoms with Crippen molar-refractivity contribution in [2.45, 2.75) is 45.6 Å². The van der Waals surface area contributed by atoms with Gasteiger partial charge in [0, 0.05) is 0 Å². The normalized spacial score (nSPS) is 25.1. The number of esters is 2. The lowest BCUT2D eigenvalue weighted by molar-refractivity contribution is -0.158. The minimum atomic E-state index is -1.17. The van der Waals surface area contributed by atoms with Gasteiger partial charge in [-0.2, -0.15) is 0 Å². The Hall–Kier alpha value is -1.36. The predicted molar refractivity (Wildman–Crippen MR) is 72.3 cm³/mol. The number of methoxy groups -OCH3 is 2. The number of hydrogen-bond acceptors (Lipinski definition) is 4. The highest BCUT2D eigenvalue weighted by molar-refractivity contribution is 5.95. The van der Waals surface area contributed by atoms with Crippen molar-refractivity contribution in [1.29, 1.82) is 0 Å². The highest BCUT2D eigenvalue weighted by Gasteiger charge is 2.38.